The molecule has 1 fully saturated rings. The number of aromatic hydroxyl groups is 1. The van der Waals surface area contributed by atoms with E-state index in [4.69, 9.17) is 17.2 Å². The predicted molar refractivity (Wildman–Crippen MR) is 169 cm³/mol. The van der Waals surface area contributed by atoms with Gasteiger partial charge in [-0.25, -0.2) is 4.79 Å². The number of nitrogens with zero attached hydrogens (tertiary/aromatic N) is 2. The van der Waals surface area contributed by atoms with Crippen LogP contribution in [0.25, 0.3) is 0 Å². The first-order valence-electron chi connectivity index (χ1n) is 15.3. The molecular weight excluding hydrogens is 600 g/mol. The van der Waals surface area contributed by atoms with E-state index >= 15 is 0 Å². The fraction of sp³-hybridized carbons (Fsp3) is 0.600. The quantitative estimate of drug-likeness (QED) is 0.0520. The molecule has 0 aliphatic carbocycles. The summed E-state index contributed by atoms with van der Waals surface area (Å²) in [6, 6.07) is 0.330. The van der Waals surface area contributed by atoms with Crippen molar-refractivity contribution < 1.29 is 39.3 Å². The number of phenolic OH excluding ortho intramolecular Hbond substituents is 1. The molecule has 256 valence electrons. The van der Waals surface area contributed by atoms with Crippen molar-refractivity contribution in [1.82, 2.24) is 20.9 Å². The van der Waals surface area contributed by atoms with Crippen molar-refractivity contribution in [2.75, 3.05) is 13.1 Å². The van der Waals surface area contributed by atoms with Crippen molar-refractivity contribution in [3.8, 4) is 5.75 Å². The van der Waals surface area contributed by atoms with Crippen LogP contribution in [0.1, 0.15) is 58.4 Å². The Bertz CT molecular complexity index is 1240. The molecule has 1 aliphatic rings. The van der Waals surface area contributed by atoms with Crippen molar-refractivity contribution in [2.24, 2.45) is 28.1 Å². The van der Waals surface area contributed by atoms with Gasteiger partial charge >= 0.3 is 5.97 Å². The molecule has 0 saturated carbocycles. The maximum atomic E-state index is 13.8. The predicted octanol–water partition coefficient (Wildman–Crippen LogP) is -1.73. The lowest BCUT2D eigenvalue weighted by Crippen LogP contribution is -2.59. The van der Waals surface area contributed by atoms with Gasteiger partial charge in [0.15, 0.2) is 12.0 Å². The first-order valence-corrected chi connectivity index (χ1v) is 15.3. The molecule has 6 atom stereocenters. The summed E-state index contributed by atoms with van der Waals surface area (Å²) in [7, 11) is 0. The fourth-order valence-electron chi connectivity index (χ4n) is 5.11. The molecule has 16 nitrogen and oxygen atoms in total. The van der Waals surface area contributed by atoms with Gasteiger partial charge in [0.05, 0.1) is 12.1 Å². The van der Waals surface area contributed by atoms with Gasteiger partial charge in [-0.15, -0.1) is 0 Å². The monoisotopic (exact) mass is 648 g/mol. The van der Waals surface area contributed by atoms with Crippen LogP contribution in [-0.2, 0) is 30.4 Å². The Balaban J connectivity index is 2.25. The average Bonchev–Trinajstić information content (AvgIpc) is 3.47. The summed E-state index contributed by atoms with van der Waals surface area (Å²) in [5, 5.41) is 36.6. The number of aliphatic hydroxyl groups excluding tert-OH is 1. The zero-order valence-corrected chi connectivity index (χ0v) is 26.5. The summed E-state index contributed by atoms with van der Waals surface area (Å²) in [4.78, 5) is 70.3. The number of hydrogen-bond acceptors (Lipinski definition) is 9. The number of benzene rings is 1. The number of carboxylic acid groups (broad SMARTS) is 1. The second-order valence-corrected chi connectivity index (χ2v) is 11.9. The molecule has 0 unspecified atom stereocenters. The van der Waals surface area contributed by atoms with Gasteiger partial charge in [0.2, 0.25) is 23.6 Å². The number of aliphatic imine (C=N–C) groups is 1. The van der Waals surface area contributed by atoms with E-state index in [0.29, 0.717) is 18.4 Å². The first kappa shape index (κ1) is 37.7. The van der Waals surface area contributed by atoms with Gasteiger partial charge < -0.3 is 53.4 Å². The minimum Gasteiger partial charge on any atom is -0.508 e. The van der Waals surface area contributed by atoms with Gasteiger partial charge in [-0.3, -0.25) is 24.2 Å². The van der Waals surface area contributed by atoms with Crippen LogP contribution < -0.4 is 33.2 Å². The summed E-state index contributed by atoms with van der Waals surface area (Å²) >= 11 is 0. The Morgan fingerprint density at radius 2 is 1.63 bits per heavy atom. The topological polar surface area (TPSA) is 276 Å². The highest BCUT2D eigenvalue weighted by atomic mass is 16.4. The number of hydrogen-bond donors (Lipinski definition) is 9. The summed E-state index contributed by atoms with van der Waals surface area (Å²) in [6.07, 6.45) is 0.261. The van der Waals surface area contributed by atoms with Crippen LogP contribution in [0.2, 0.25) is 0 Å². The van der Waals surface area contributed by atoms with E-state index < -0.39 is 65.9 Å². The molecule has 0 bridgehead atoms. The van der Waals surface area contributed by atoms with E-state index in [1.54, 1.807) is 12.1 Å². The number of phenols is 1. The van der Waals surface area contributed by atoms with E-state index in [0.717, 1.165) is 0 Å². The maximum absolute atomic E-state index is 13.8. The molecule has 1 aromatic carbocycles. The second-order valence-electron chi connectivity index (χ2n) is 11.9. The molecule has 4 amide bonds. The number of carbonyl (C=O) groups excluding carboxylic acids is 4. The number of nitrogens with two attached hydrogens (primary N) is 3. The SMILES string of the molecule is CC(C)C[C@@H](NC(=O)[C@H](Cc1ccc(O)cc1)NC(=O)[C@H](N)CCCN=C(N)N)C(=O)N1CCC[C@H]1C(=O)N[C@H](C(=O)O)[C@@H](C)O. The van der Waals surface area contributed by atoms with Gasteiger partial charge in [-0.05, 0) is 62.6 Å². The highest BCUT2D eigenvalue weighted by Gasteiger charge is 2.40. The lowest BCUT2D eigenvalue weighted by atomic mass is 10.00. The zero-order valence-electron chi connectivity index (χ0n) is 26.5. The number of guanidine groups is 1. The Morgan fingerprint density at radius 3 is 2.20 bits per heavy atom. The number of aliphatic hydroxyl groups is 1. The number of carbonyl (C=O) groups is 5. The van der Waals surface area contributed by atoms with Crippen molar-refractivity contribution in [1.29, 1.82) is 0 Å². The van der Waals surface area contributed by atoms with E-state index in [1.807, 2.05) is 13.8 Å². The van der Waals surface area contributed by atoms with Crippen LogP contribution in [0.4, 0.5) is 0 Å². The van der Waals surface area contributed by atoms with E-state index in [9.17, 15) is 39.3 Å². The lowest BCUT2D eigenvalue weighted by Gasteiger charge is -2.31. The van der Waals surface area contributed by atoms with Crippen LogP contribution in [-0.4, -0.2) is 105 Å². The number of amides is 4. The molecule has 2 rings (SSSR count). The highest BCUT2D eigenvalue weighted by molar-refractivity contribution is 5.96. The lowest BCUT2D eigenvalue weighted by molar-refractivity contribution is -0.147. The van der Waals surface area contributed by atoms with Gasteiger partial charge in [-0.2, -0.15) is 0 Å². The molecule has 1 saturated heterocycles. The summed E-state index contributed by atoms with van der Waals surface area (Å²) in [5.41, 5.74) is 17.3. The molecule has 0 aromatic heterocycles. The Labute approximate surface area is 268 Å². The van der Waals surface area contributed by atoms with Crippen molar-refractivity contribution >= 4 is 35.6 Å². The summed E-state index contributed by atoms with van der Waals surface area (Å²) < 4.78 is 0. The third-order valence-electron chi connectivity index (χ3n) is 7.52. The Hall–Kier alpha value is -4.44. The smallest absolute Gasteiger partial charge is 0.328 e. The minimum absolute atomic E-state index is 0.0197. The van der Waals surface area contributed by atoms with Gasteiger partial charge in [0, 0.05) is 19.5 Å². The van der Waals surface area contributed by atoms with Gasteiger partial charge in [0.1, 0.15) is 23.9 Å². The van der Waals surface area contributed by atoms with Crippen LogP contribution in [0.5, 0.6) is 5.75 Å². The van der Waals surface area contributed by atoms with E-state index in [2.05, 4.69) is 20.9 Å². The molecule has 16 heteroatoms. The molecule has 1 aliphatic heterocycles. The third-order valence-corrected chi connectivity index (χ3v) is 7.52. The molecular formula is C30H48N8O8. The molecule has 46 heavy (non-hydrogen) atoms. The van der Waals surface area contributed by atoms with E-state index in [1.165, 1.54) is 24.0 Å². The molecule has 1 heterocycles. The zero-order chi connectivity index (χ0) is 34.6. The Kier molecular flexibility index (Phi) is 14.7. The van der Waals surface area contributed by atoms with Gasteiger partial charge in [0.25, 0.3) is 0 Å². The first-order chi connectivity index (χ1) is 21.6. The van der Waals surface area contributed by atoms with Crippen LogP contribution in [0.3, 0.4) is 0 Å². The highest BCUT2D eigenvalue weighted by Crippen LogP contribution is 2.21. The molecule has 12 N–H and O–H groups in total. The normalized spacial score (nSPS) is 17.7. The number of nitrogens with one attached hydrogen (secondary N) is 3. The van der Waals surface area contributed by atoms with Gasteiger partial charge in [-0.1, -0.05) is 26.0 Å². The molecule has 0 radical (unpaired) electrons. The number of carboxylic acids is 1. The van der Waals surface area contributed by atoms with E-state index in [-0.39, 0.29) is 56.4 Å². The molecule has 1 aromatic rings. The number of aliphatic carboxylic acids is 1. The Morgan fingerprint density at radius 1 is 1.00 bits per heavy atom. The average molecular weight is 649 g/mol. The fourth-order valence-corrected chi connectivity index (χ4v) is 5.11. The van der Waals surface area contributed by atoms with Crippen LogP contribution >= 0.6 is 0 Å². The van der Waals surface area contributed by atoms with Crippen molar-refractivity contribution in [3.05, 3.63) is 29.8 Å². The largest absolute Gasteiger partial charge is 0.508 e. The third kappa shape index (κ3) is 11.8. The number of likely N-dealkylation sites (tertiary alicyclic amines) is 1. The summed E-state index contributed by atoms with van der Waals surface area (Å²) in [6.45, 7) is 5.43. The standard InChI is InChI=1S/C30H48N8O8/c1-16(2)14-22(28(44)38-13-5-7-23(38)27(43)37-24(17(3)39)29(45)46)36-26(42)21(15-18-8-10-19(40)11-9-18)35-25(41)20(31)6-4-12-34-30(32)33/h8-11,16-17,20-24,39-40H,4-7,12-15,31H2,1-3H3,(H,35,41)(H,36,42)(H,37,43)(H,45,46)(H4,32,33,34)/t17-,20-,21+,22-,23+,24+/m1/s1. The minimum atomic E-state index is -1.56. The van der Waals surface area contributed by atoms with Crippen LogP contribution in [0.15, 0.2) is 29.3 Å². The molecule has 0 spiro atoms. The maximum Gasteiger partial charge on any atom is 0.328 e. The van der Waals surface area contributed by atoms with Crippen molar-refractivity contribution in [3.63, 3.8) is 0 Å². The van der Waals surface area contributed by atoms with Crippen LogP contribution in [0, 0.1) is 5.92 Å². The van der Waals surface area contributed by atoms with Crippen molar-refractivity contribution in [2.45, 2.75) is 95.6 Å². The number of rotatable bonds is 17. The summed E-state index contributed by atoms with van der Waals surface area (Å²) in [5.74, 6) is -4.05. The second kappa shape index (κ2) is 17.9.